The van der Waals surface area contributed by atoms with E-state index in [1.807, 2.05) is 0 Å². The number of carbonyl (C=O) groups excluding carboxylic acids is 2. The predicted molar refractivity (Wildman–Crippen MR) is 67.4 cm³/mol. The monoisotopic (exact) mass is 267 g/mol. The number of hydrogen-bond acceptors (Lipinski definition) is 3. The highest BCUT2D eigenvalue weighted by atomic mass is 35.5. The summed E-state index contributed by atoms with van der Waals surface area (Å²) in [6.45, 7) is 0.0283. The Hall–Kier alpha value is -1.62. The first-order valence-corrected chi connectivity index (χ1v) is 6.10. The number of halogens is 1. The van der Waals surface area contributed by atoms with Gasteiger partial charge in [-0.3, -0.25) is 14.6 Å². The molecule has 0 aromatic carbocycles. The van der Waals surface area contributed by atoms with Crippen LogP contribution in [0.15, 0.2) is 18.5 Å². The van der Waals surface area contributed by atoms with Crippen molar-refractivity contribution >= 4 is 23.4 Å². The minimum Gasteiger partial charge on any atom is -0.352 e. The molecule has 18 heavy (non-hydrogen) atoms. The van der Waals surface area contributed by atoms with Crippen molar-refractivity contribution in [3.8, 4) is 0 Å². The molecule has 1 aromatic rings. The second kappa shape index (κ2) is 5.35. The molecule has 1 saturated carbocycles. The fourth-order valence-electron chi connectivity index (χ4n) is 1.53. The van der Waals surface area contributed by atoms with Gasteiger partial charge >= 0.3 is 0 Å². The summed E-state index contributed by atoms with van der Waals surface area (Å²) >= 11 is 5.91. The van der Waals surface area contributed by atoms with Crippen LogP contribution in [0.3, 0.4) is 0 Å². The van der Waals surface area contributed by atoms with Crippen molar-refractivity contribution in [1.29, 1.82) is 0 Å². The van der Waals surface area contributed by atoms with Gasteiger partial charge < -0.3 is 10.2 Å². The minimum absolute atomic E-state index is 0.0283. The fourth-order valence-corrected chi connectivity index (χ4v) is 1.71. The topological polar surface area (TPSA) is 62.3 Å². The molecule has 1 aliphatic rings. The molecular weight excluding hydrogens is 254 g/mol. The van der Waals surface area contributed by atoms with E-state index in [-0.39, 0.29) is 18.4 Å². The van der Waals surface area contributed by atoms with Crippen LogP contribution < -0.4 is 5.32 Å². The molecule has 0 bridgehead atoms. The SMILES string of the molecule is CN(CC(=O)NC1CC1)C(=O)c1cnccc1Cl. The molecule has 0 saturated heterocycles. The molecule has 0 atom stereocenters. The average molecular weight is 268 g/mol. The van der Waals surface area contributed by atoms with E-state index in [0.29, 0.717) is 16.6 Å². The van der Waals surface area contributed by atoms with Gasteiger partial charge in [0.25, 0.3) is 5.91 Å². The fraction of sp³-hybridized carbons (Fsp3) is 0.417. The first-order valence-electron chi connectivity index (χ1n) is 5.72. The van der Waals surface area contributed by atoms with Gasteiger partial charge in [0.05, 0.1) is 17.1 Å². The molecule has 96 valence electrons. The van der Waals surface area contributed by atoms with E-state index < -0.39 is 0 Å². The van der Waals surface area contributed by atoms with E-state index in [4.69, 9.17) is 11.6 Å². The summed E-state index contributed by atoms with van der Waals surface area (Å²) in [6.07, 6.45) is 4.97. The normalized spacial score (nSPS) is 14.1. The lowest BCUT2D eigenvalue weighted by molar-refractivity contribution is -0.121. The number of aromatic nitrogens is 1. The maximum atomic E-state index is 12.0. The Morgan fingerprint density at radius 2 is 2.28 bits per heavy atom. The van der Waals surface area contributed by atoms with Crippen LogP contribution in [-0.2, 0) is 4.79 Å². The molecule has 0 aliphatic heterocycles. The van der Waals surface area contributed by atoms with E-state index in [9.17, 15) is 9.59 Å². The van der Waals surface area contributed by atoms with Crippen LogP contribution in [0.2, 0.25) is 5.02 Å². The van der Waals surface area contributed by atoms with E-state index >= 15 is 0 Å². The number of carbonyl (C=O) groups is 2. The Morgan fingerprint density at radius 3 is 2.89 bits per heavy atom. The summed E-state index contributed by atoms with van der Waals surface area (Å²) in [4.78, 5) is 28.8. The Labute approximate surface area is 110 Å². The van der Waals surface area contributed by atoms with Gasteiger partial charge in [-0.25, -0.2) is 0 Å². The van der Waals surface area contributed by atoms with Gasteiger partial charge in [0.1, 0.15) is 0 Å². The molecule has 0 radical (unpaired) electrons. The zero-order valence-corrected chi connectivity index (χ0v) is 10.8. The summed E-state index contributed by atoms with van der Waals surface area (Å²) in [5.41, 5.74) is 0.306. The molecule has 6 heteroatoms. The molecule has 1 aliphatic carbocycles. The van der Waals surface area contributed by atoms with Crippen molar-refractivity contribution in [2.75, 3.05) is 13.6 Å². The van der Waals surface area contributed by atoms with E-state index in [1.54, 1.807) is 13.1 Å². The van der Waals surface area contributed by atoms with Crippen molar-refractivity contribution in [2.24, 2.45) is 0 Å². The quantitative estimate of drug-likeness (QED) is 0.888. The Bertz CT molecular complexity index is 474. The summed E-state index contributed by atoms with van der Waals surface area (Å²) in [5.74, 6) is -0.451. The highest BCUT2D eigenvalue weighted by molar-refractivity contribution is 6.33. The molecule has 5 nitrogen and oxygen atoms in total. The van der Waals surface area contributed by atoms with Crippen LogP contribution in [0.4, 0.5) is 0 Å². The van der Waals surface area contributed by atoms with Gasteiger partial charge in [-0.05, 0) is 18.9 Å². The zero-order valence-electron chi connectivity index (χ0n) is 10.0. The highest BCUT2D eigenvalue weighted by Crippen LogP contribution is 2.18. The maximum Gasteiger partial charge on any atom is 0.257 e. The van der Waals surface area contributed by atoms with Crippen LogP contribution in [0.25, 0.3) is 0 Å². The summed E-state index contributed by atoms with van der Waals surface area (Å²) in [5, 5.41) is 3.16. The number of pyridine rings is 1. The van der Waals surface area contributed by atoms with Gasteiger partial charge in [-0.1, -0.05) is 11.6 Å². The lowest BCUT2D eigenvalue weighted by atomic mass is 10.2. The Kier molecular flexibility index (Phi) is 3.81. The largest absolute Gasteiger partial charge is 0.352 e. The van der Waals surface area contributed by atoms with E-state index in [0.717, 1.165) is 12.8 Å². The van der Waals surface area contributed by atoms with Crippen LogP contribution in [0, 0.1) is 0 Å². The number of rotatable bonds is 4. The average Bonchev–Trinajstić information content (AvgIpc) is 3.12. The van der Waals surface area contributed by atoms with Crippen molar-refractivity contribution in [3.05, 3.63) is 29.0 Å². The molecule has 1 heterocycles. The van der Waals surface area contributed by atoms with Gasteiger partial charge in [-0.2, -0.15) is 0 Å². The van der Waals surface area contributed by atoms with Crippen molar-refractivity contribution < 1.29 is 9.59 Å². The molecular formula is C12H14ClN3O2. The zero-order chi connectivity index (χ0) is 13.1. The van der Waals surface area contributed by atoms with Gasteiger partial charge in [0.2, 0.25) is 5.91 Å². The number of hydrogen-bond donors (Lipinski definition) is 1. The van der Waals surface area contributed by atoms with E-state index in [1.165, 1.54) is 17.3 Å². The van der Waals surface area contributed by atoms with Gasteiger partial charge in [-0.15, -0.1) is 0 Å². The lowest BCUT2D eigenvalue weighted by Crippen LogP contribution is -2.39. The number of likely N-dealkylation sites (N-methyl/N-ethyl adjacent to an activating group) is 1. The molecule has 1 N–H and O–H groups in total. The second-order valence-corrected chi connectivity index (χ2v) is 4.77. The predicted octanol–water partition coefficient (Wildman–Crippen LogP) is 1.09. The maximum absolute atomic E-state index is 12.0. The minimum atomic E-state index is -0.306. The summed E-state index contributed by atoms with van der Waals surface area (Å²) < 4.78 is 0. The standard InChI is InChI=1S/C12H14ClN3O2/c1-16(7-11(17)15-8-2-3-8)12(18)9-6-14-5-4-10(9)13/h4-6,8H,2-3,7H2,1H3,(H,15,17). The molecule has 0 spiro atoms. The smallest absolute Gasteiger partial charge is 0.257 e. The molecule has 2 amide bonds. The van der Waals surface area contributed by atoms with Crippen molar-refractivity contribution in [1.82, 2.24) is 15.2 Å². The number of amides is 2. The first kappa shape index (κ1) is 12.8. The molecule has 1 aromatic heterocycles. The van der Waals surface area contributed by atoms with Crippen molar-refractivity contribution in [3.63, 3.8) is 0 Å². The summed E-state index contributed by atoms with van der Waals surface area (Å²) in [6, 6.07) is 1.84. The molecule has 0 unspecified atom stereocenters. The van der Waals surface area contributed by atoms with Gasteiger partial charge in [0.15, 0.2) is 0 Å². The third-order valence-electron chi connectivity index (χ3n) is 2.67. The van der Waals surface area contributed by atoms with Crippen LogP contribution in [0.5, 0.6) is 0 Å². The Morgan fingerprint density at radius 1 is 1.56 bits per heavy atom. The van der Waals surface area contributed by atoms with E-state index in [2.05, 4.69) is 10.3 Å². The second-order valence-electron chi connectivity index (χ2n) is 4.36. The molecule has 2 rings (SSSR count). The van der Waals surface area contributed by atoms with Crippen LogP contribution in [-0.4, -0.2) is 41.3 Å². The van der Waals surface area contributed by atoms with Crippen LogP contribution >= 0.6 is 11.6 Å². The first-order chi connectivity index (χ1) is 8.58. The van der Waals surface area contributed by atoms with Gasteiger partial charge in [0, 0.05) is 25.5 Å². The third-order valence-corrected chi connectivity index (χ3v) is 3.00. The lowest BCUT2D eigenvalue weighted by Gasteiger charge is -2.17. The Balaban J connectivity index is 1.95. The van der Waals surface area contributed by atoms with Crippen molar-refractivity contribution in [2.45, 2.75) is 18.9 Å². The summed E-state index contributed by atoms with van der Waals surface area (Å²) in [7, 11) is 1.57. The number of nitrogens with one attached hydrogen (secondary N) is 1. The molecule has 1 fully saturated rings. The number of nitrogens with zero attached hydrogens (tertiary/aromatic N) is 2. The third kappa shape index (κ3) is 3.20. The highest BCUT2D eigenvalue weighted by Gasteiger charge is 2.24. The van der Waals surface area contributed by atoms with Crippen LogP contribution in [0.1, 0.15) is 23.2 Å².